The summed E-state index contributed by atoms with van der Waals surface area (Å²) < 4.78 is 5.26. The van der Waals surface area contributed by atoms with Crippen molar-refractivity contribution in [3.05, 3.63) is 24.3 Å². The van der Waals surface area contributed by atoms with Crippen LogP contribution in [-0.4, -0.2) is 25.1 Å². The van der Waals surface area contributed by atoms with Crippen LogP contribution in [-0.2, 0) is 9.59 Å². The molecular formula is C13H15NNa2O5. The minimum Gasteiger partial charge on any atom is -0.550 e. The maximum atomic E-state index is 10.7. The fourth-order valence-electron chi connectivity index (χ4n) is 1.52. The van der Waals surface area contributed by atoms with Gasteiger partial charge in [-0.05, 0) is 37.6 Å². The number of rotatable bonds is 8. The summed E-state index contributed by atoms with van der Waals surface area (Å²) in [7, 11) is 0. The Balaban J connectivity index is 0. The smallest absolute Gasteiger partial charge is 0.550 e. The van der Waals surface area contributed by atoms with Crippen molar-refractivity contribution in [3.63, 3.8) is 0 Å². The molecule has 0 aliphatic heterocycles. The van der Waals surface area contributed by atoms with Crippen LogP contribution in [0.2, 0.25) is 0 Å². The van der Waals surface area contributed by atoms with Crippen molar-refractivity contribution >= 4 is 17.6 Å². The fourth-order valence-corrected chi connectivity index (χ4v) is 1.52. The number of ether oxygens (including phenoxy) is 1. The summed E-state index contributed by atoms with van der Waals surface area (Å²) in [6.45, 7) is 2.39. The van der Waals surface area contributed by atoms with Gasteiger partial charge in [0.25, 0.3) is 0 Å². The van der Waals surface area contributed by atoms with E-state index in [1.165, 1.54) is 0 Å². The molecule has 1 N–H and O–H groups in total. The number of hydrogen-bond acceptors (Lipinski definition) is 6. The Hall–Kier alpha value is -0.240. The van der Waals surface area contributed by atoms with Gasteiger partial charge < -0.3 is 29.9 Å². The molecule has 104 valence electrons. The maximum absolute atomic E-state index is 10.7. The van der Waals surface area contributed by atoms with E-state index in [1.54, 1.807) is 24.3 Å². The quantitative estimate of drug-likeness (QED) is 0.479. The van der Waals surface area contributed by atoms with Crippen molar-refractivity contribution in [2.45, 2.75) is 13.3 Å². The molecule has 0 bridgehead atoms. The summed E-state index contributed by atoms with van der Waals surface area (Å²) >= 11 is 0. The van der Waals surface area contributed by atoms with Gasteiger partial charge in [-0.1, -0.05) is 0 Å². The number of benzene rings is 1. The number of nitrogens with one attached hydrogen (secondary N) is 1. The topological polar surface area (TPSA) is 102 Å². The van der Waals surface area contributed by atoms with Gasteiger partial charge in [-0.3, -0.25) is 0 Å². The van der Waals surface area contributed by atoms with Crippen LogP contribution in [0.25, 0.3) is 0 Å². The molecule has 1 rings (SSSR count). The van der Waals surface area contributed by atoms with Crippen molar-refractivity contribution < 1.29 is 83.7 Å². The van der Waals surface area contributed by atoms with Crippen LogP contribution >= 0.6 is 0 Å². The summed E-state index contributed by atoms with van der Waals surface area (Å²) in [5.41, 5.74) is 0.674. The monoisotopic (exact) mass is 311 g/mol. The summed E-state index contributed by atoms with van der Waals surface area (Å²) in [6.07, 6.45) is -0.577. The molecule has 0 amide bonds. The maximum Gasteiger partial charge on any atom is 1.00 e. The standard InChI is InChI=1S/C13H17NO5.2Na/c1-2-19-11-5-3-10(4-6-11)14-8-9(13(17)18)7-12(15)16;;/h3-6,9,14H,2,7-8H2,1H3,(H,15,16)(H,17,18);;/q;2*+1/p-2. The van der Waals surface area contributed by atoms with Crippen LogP contribution in [0.5, 0.6) is 5.75 Å². The van der Waals surface area contributed by atoms with Gasteiger partial charge in [0.05, 0.1) is 6.61 Å². The van der Waals surface area contributed by atoms with E-state index in [1.807, 2.05) is 6.92 Å². The van der Waals surface area contributed by atoms with Crippen LogP contribution in [0.4, 0.5) is 5.69 Å². The first-order valence-electron chi connectivity index (χ1n) is 5.90. The van der Waals surface area contributed by atoms with E-state index in [0.29, 0.717) is 18.0 Å². The van der Waals surface area contributed by atoms with Crippen LogP contribution in [0.1, 0.15) is 13.3 Å². The van der Waals surface area contributed by atoms with E-state index in [0.717, 1.165) is 0 Å². The van der Waals surface area contributed by atoms with Gasteiger partial charge in [0.1, 0.15) is 5.75 Å². The Bertz CT molecular complexity index is 439. The number of hydrogen-bond donors (Lipinski definition) is 1. The molecule has 0 radical (unpaired) electrons. The zero-order valence-electron chi connectivity index (χ0n) is 12.5. The third kappa shape index (κ3) is 9.39. The van der Waals surface area contributed by atoms with E-state index in [4.69, 9.17) is 4.74 Å². The Labute approximate surface area is 167 Å². The van der Waals surface area contributed by atoms with Crippen LogP contribution in [0, 0.1) is 5.92 Å². The molecule has 0 aliphatic carbocycles. The van der Waals surface area contributed by atoms with E-state index >= 15 is 0 Å². The predicted octanol–water partition coefficient (Wildman–Crippen LogP) is -6.99. The average molecular weight is 311 g/mol. The van der Waals surface area contributed by atoms with Gasteiger partial charge in [0.2, 0.25) is 0 Å². The molecule has 1 aromatic rings. The van der Waals surface area contributed by atoms with Crippen molar-refractivity contribution in [2.75, 3.05) is 18.5 Å². The second kappa shape index (κ2) is 12.3. The van der Waals surface area contributed by atoms with Gasteiger partial charge >= 0.3 is 59.1 Å². The van der Waals surface area contributed by atoms with Crippen molar-refractivity contribution in [3.8, 4) is 5.75 Å². The molecule has 1 aromatic carbocycles. The minimum atomic E-state index is -1.41. The first kappa shape index (κ1) is 23.0. The molecule has 0 saturated carbocycles. The van der Waals surface area contributed by atoms with Gasteiger partial charge in [0, 0.05) is 30.1 Å². The second-order valence-electron chi connectivity index (χ2n) is 3.93. The largest absolute Gasteiger partial charge is 1.00 e. The third-order valence-electron chi connectivity index (χ3n) is 2.46. The second-order valence-corrected chi connectivity index (χ2v) is 3.93. The number of carbonyl (C=O) groups excluding carboxylic acids is 2. The minimum absolute atomic E-state index is 0. The SMILES string of the molecule is CCOc1ccc(NCC(CC(=O)[O-])C(=O)[O-])cc1.[Na+].[Na+]. The molecule has 0 aliphatic rings. The predicted molar refractivity (Wildman–Crippen MR) is 64.2 cm³/mol. The first-order valence-corrected chi connectivity index (χ1v) is 5.90. The summed E-state index contributed by atoms with van der Waals surface area (Å²) in [4.78, 5) is 21.1. The van der Waals surface area contributed by atoms with Gasteiger partial charge in [-0.25, -0.2) is 0 Å². The van der Waals surface area contributed by atoms with E-state index in [-0.39, 0.29) is 65.7 Å². The third-order valence-corrected chi connectivity index (χ3v) is 2.46. The van der Waals surface area contributed by atoms with Crippen molar-refractivity contribution in [1.29, 1.82) is 0 Å². The molecule has 0 fully saturated rings. The number of aliphatic carboxylic acids is 2. The van der Waals surface area contributed by atoms with E-state index in [2.05, 4.69) is 5.32 Å². The summed E-state index contributed by atoms with van der Waals surface area (Å²) in [5.74, 6) is -3.25. The van der Waals surface area contributed by atoms with E-state index < -0.39 is 24.3 Å². The Morgan fingerprint density at radius 1 is 1.19 bits per heavy atom. The van der Waals surface area contributed by atoms with Crippen LogP contribution in [0.15, 0.2) is 24.3 Å². The zero-order valence-corrected chi connectivity index (χ0v) is 16.5. The average Bonchev–Trinajstić information content (AvgIpc) is 2.36. The Kier molecular flexibility index (Phi) is 13.5. The molecule has 6 nitrogen and oxygen atoms in total. The van der Waals surface area contributed by atoms with Crippen molar-refractivity contribution in [2.24, 2.45) is 5.92 Å². The van der Waals surface area contributed by atoms with Gasteiger partial charge in [-0.15, -0.1) is 0 Å². The van der Waals surface area contributed by atoms with Crippen LogP contribution < -0.4 is 79.4 Å². The number of carboxylic acids is 2. The summed E-state index contributed by atoms with van der Waals surface area (Å²) in [6, 6.07) is 6.91. The molecule has 0 heterocycles. The molecule has 1 unspecified atom stereocenters. The fraction of sp³-hybridized carbons (Fsp3) is 0.385. The normalized spacial score (nSPS) is 10.5. The molecule has 8 heteroatoms. The molecule has 1 atom stereocenters. The molecular weight excluding hydrogens is 296 g/mol. The Morgan fingerprint density at radius 3 is 2.19 bits per heavy atom. The molecule has 0 saturated heterocycles. The number of anilines is 1. The Morgan fingerprint density at radius 2 is 1.76 bits per heavy atom. The zero-order chi connectivity index (χ0) is 14.3. The van der Waals surface area contributed by atoms with Gasteiger partial charge in [-0.2, -0.15) is 0 Å². The molecule has 21 heavy (non-hydrogen) atoms. The van der Waals surface area contributed by atoms with E-state index in [9.17, 15) is 19.8 Å². The van der Waals surface area contributed by atoms with Gasteiger partial charge in [0.15, 0.2) is 0 Å². The summed E-state index contributed by atoms with van der Waals surface area (Å²) in [5, 5.41) is 24.0. The molecule has 0 spiro atoms. The molecule has 0 aromatic heterocycles. The first-order chi connectivity index (χ1) is 9.02. The number of carbonyl (C=O) groups is 2. The van der Waals surface area contributed by atoms with Crippen molar-refractivity contribution in [1.82, 2.24) is 0 Å². The number of carboxylic acid groups (broad SMARTS) is 2. The van der Waals surface area contributed by atoms with Crippen LogP contribution in [0.3, 0.4) is 0 Å².